The van der Waals surface area contributed by atoms with Gasteiger partial charge in [-0.3, -0.25) is 10.1 Å². The van der Waals surface area contributed by atoms with Crippen molar-refractivity contribution >= 4 is 5.69 Å². The smallest absolute Gasteiger partial charge is 0.398 e. The number of para-hydroxylation sites is 1. The second-order valence-electron chi connectivity index (χ2n) is 2.70. The molecule has 88 valence electrons. The van der Waals surface area contributed by atoms with E-state index in [1.807, 2.05) is 0 Å². The zero-order chi connectivity index (χ0) is 12.3. The van der Waals surface area contributed by atoms with Gasteiger partial charge in [0, 0.05) is 11.6 Å². The first kappa shape index (κ1) is 12.2. The predicted octanol–water partition coefficient (Wildman–Crippen LogP) is 2.96. The van der Waals surface area contributed by atoms with Gasteiger partial charge in [0.05, 0.1) is 4.92 Å². The van der Waals surface area contributed by atoms with Crippen LogP contribution in [0, 0.1) is 10.1 Å². The minimum atomic E-state index is -5.10. The predicted molar refractivity (Wildman–Crippen MR) is 44.6 cm³/mol. The maximum Gasteiger partial charge on any atom is 0.573 e. The van der Waals surface area contributed by atoms with E-state index in [4.69, 9.17) is 0 Å². The van der Waals surface area contributed by atoms with Crippen molar-refractivity contribution in [2.75, 3.05) is 0 Å². The van der Waals surface area contributed by atoms with E-state index < -0.39 is 35.0 Å². The lowest BCUT2D eigenvalue weighted by Gasteiger charge is -2.11. The molecule has 0 N–H and O–H groups in total. The van der Waals surface area contributed by atoms with Gasteiger partial charge in [0.25, 0.3) is 0 Å². The molecule has 0 aliphatic rings. The van der Waals surface area contributed by atoms with Gasteiger partial charge < -0.3 is 4.74 Å². The Morgan fingerprint density at radius 2 is 2.00 bits per heavy atom. The lowest BCUT2D eigenvalue weighted by atomic mass is 10.2. The molecule has 0 spiro atoms. The van der Waals surface area contributed by atoms with E-state index in [1.165, 1.54) is 0 Å². The fraction of sp³-hybridized carbons (Fsp3) is 0.250. The van der Waals surface area contributed by atoms with Gasteiger partial charge >= 0.3 is 12.0 Å². The van der Waals surface area contributed by atoms with Crippen molar-refractivity contribution in [2.24, 2.45) is 0 Å². The highest BCUT2D eigenvalue weighted by molar-refractivity contribution is 5.51. The number of nitrogens with zero attached hydrogens (tertiary/aromatic N) is 1. The minimum Gasteiger partial charge on any atom is -0.398 e. The highest BCUT2D eigenvalue weighted by atomic mass is 19.4. The van der Waals surface area contributed by atoms with Crippen LogP contribution >= 0.6 is 0 Å². The summed E-state index contributed by atoms with van der Waals surface area (Å²) in [6, 6.07) is 2.87. The Morgan fingerprint density at radius 3 is 2.44 bits per heavy atom. The van der Waals surface area contributed by atoms with Gasteiger partial charge in [-0.05, 0) is 0 Å². The van der Waals surface area contributed by atoms with Crippen molar-refractivity contribution in [3.63, 3.8) is 0 Å². The van der Waals surface area contributed by atoms with Gasteiger partial charge in [-0.2, -0.15) is 0 Å². The maximum atomic E-state index is 12.3. The van der Waals surface area contributed by atoms with Crippen molar-refractivity contribution in [2.45, 2.75) is 13.0 Å². The van der Waals surface area contributed by atoms with Crippen molar-refractivity contribution in [1.29, 1.82) is 0 Å². The minimum absolute atomic E-state index is 0.522. The van der Waals surface area contributed by atoms with Gasteiger partial charge in [0.15, 0.2) is 0 Å². The molecule has 8 heteroatoms. The molecule has 1 rings (SSSR count). The molecule has 0 fully saturated rings. The van der Waals surface area contributed by atoms with Gasteiger partial charge in [0.1, 0.15) is 6.67 Å². The Kier molecular flexibility index (Phi) is 3.31. The summed E-state index contributed by atoms with van der Waals surface area (Å²) >= 11 is 0. The molecule has 1 aromatic rings. The molecule has 0 saturated heterocycles. The van der Waals surface area contributed by atoms with Crippen molar-refractivity contribution < 1.29 is 27.2 Å². The van der Waals surface area contributed by atoms with Crippen LogP contribution in [0.5, 0.6) is 5.75 Å². The van der Waals surface area contributed by atoms with E-state index in [9.17, 15) is 27.7 Å². The van der Waals surface area contributed by atoms with Crippen molar-refractivity contribution in [1.82, 2.24) is 0 Å². The molecule has 0 radical (unpaired) electrons. The molecule has 0 amide bonds. The quantitative estimate of drug-likeness (QED) is 0.463. The summed E-state index contributed by atoms with van der Waals surface area (Å²) in [5.41, 5.74) is -1.45. The zero-order valence-corrected chi connectivity index (χ0v) is 7.62. The van der Waals surface area contributed by atoms with Crippen LogP contribution in [0.2, 0.25) is 0 Å². The molecule has 0 aliphatic heterocycles. The number of ether oxygens (including phenoxy) is 1. The number of nitro benzene ring substituents is 1. The van der Waals surface area contributed by atoms with E-state index in [0.717, 1.165) is 18.2 Å². The third kappa shape index (κ3) is 2.81. The van der Waals surface area contributed by atoms with Crippen LogP contribution in [-0.4, -0.2) is 11.3 Å². The standard InChI is InChI=1S/C8H5F4NO3/c9-4-5-2-1-3-6(13(14)15)7(5)16-8(10,11)12/h1-3H,4H2. The molecule has 0 heterocycles. The number of halogens is 4. The van der Waals surface area contributed by atoms with Crippen LogP contribution in [0.15, 0.2) is 18.2 Å². The Balaban J connectivity index is 3.25. The monoisotopic (exact) mass is 239 g/mol. The lowest BCUT2D eigenvalue weighted by Crippen LogP contribution is -2.19. The molecule has 0 saturated carbocycles. The van der Waals surface area contributed by atoms with E-state index in [1.54, 1.807) is 0 Å². The third-order valence-corrected chi connectivity index (χ3v) is 1.63. The number of nitro groups is 1. The van der Waals surface area contributed by atoms with Gasteiger partial charge in [-0.25, -0.2) is 4.39 Å². The summed E-state index contributed by atoms with van der Waals surface area (Å²) in [7, 11) is 0. The third-order valence-electron chi connectivity index (χ3n) is 1.63. The lowest BCUT2D eigenvalue weighted by molar-refractivity contribution is -0.388. The fourth-order valence-corrected chi connectivity index (χ4v) is 1.05. The molecule has 0 unspecified atom stereocenters. The number of alkyl halides is 4. The summed E-state index contributed by atoms with van der Waals surface area (Å²) in [6.07, 6.45) is -5.10. The molecule has 4 nitrogen and oxygen atoms in total. The maximum absolute atomic E-state index is 12.3. The Morgan fingerprint density at radius 1 is 1.38 bits per heavy atom. The number of hydrogen-bond donors (Lipinski definition) is 0. The van der Waals surface area contributed by atoms with E-state index in [0.29, 0.717) is 0 Å². The summed E-state index contributed by atoms with van der Waals surface area (Å²) < 4.78 is 51.6. The highest BCUT2D eigenvalue weighted by Gasteiger charge is 2.35. The zero-order valence-electron chi connectivity index (χ0n) is 7.62. The topological polar surface area (TPSA) is 52.4 Å². The molecule has 0 aromatic heterocycles. The number of rotatable bonds is 3. The van der Waals surface area contributed by atoms with E-state index >= 15 is 0 Å². The van der Waals surface area contributed by atoms with Crippen LogP contribution in [0.4, 0.5) is 23.2 Å². The summed E-state index contributed by atoms with van der Waals surface area (Å²) in [4.78, 5) is 9.34. The summed E-state index contributed by atoms with van der Waals surface area (Å²) in [5.74, 6) is -1.11. The van der Waals surface area contributed by atoms with E-state index in [2.05, 4.69) is 4.74 Å². The van der Waals surface area contributed by atoms with Crippen LogP contribution in [0.25, 0.3) is 0 Å². The Hall–Kier alpha value is -1.86. The second-order valence-corrected chi connectivity index (χ2v) is 2.70. The average molecular weight is 239 g/mol. The van der Waals surface area contributed by atoms with Crippen molar-refractivity contribution in [3.05, 3.63) is 33.9 Å². The highest BCUT2D eigenvalue weighted by Crippen LogP contribution is 2.35. The summed E-state index contributed by atoms with van der Waals surface area (Å²) in [6.45, 7) is -1.28. The first-order valence-electron chi connectivity index (χ1n) is 3.93. The number of hydrogen-bond acceptors (Lipinski definition) is 3. The van der Waals surface area contributed by atoms with Crippen LogP contribution < -0.4 is 4.74 Å². The molecule has 0 atom stereocenters. The normalized spacial score (nSPS) is 11.2. The Bertz CT molecular complexity index is 405. The van der Waals surface area contributed by atoms with Gasteiger partial charge in [-0.15, -0.1) is 13.2 Å². The van der Waals surface area contributed by atoms with E-state index in [-0.39, 0.29) is 0 Å². The molecule has 16 heavy (non-hydrogen) atoms. The van der Waals surface area contributed by atoms with Crippen molar-refractivity contribution in [3.8, 4) is 5.75 Å². The van der Waals surface area contributed by atoms with Crippen LogP contribution in [0.3, 0.4) is 0 Å². The molecule has 0 aliphatic carbocycles. The first-order chi connectivity index (χ1) is 7.35. The first-order valence-corrected chi connectivity index (χ1v) is 3.93. The largest absolute Gasteiger partial charge is 0.573 e. The SMILES string of the molecule is O=[N+]([O-])c1cccc(CF)c1OC(F)(F)F. The number of benzene rings is 1. The molecular weight excluding hydrogens is 234 g/mol. The average Bonchev–Trinajstić information content (AvgIpc) is 2.15. The van der Waals surface area contributed by atoms with Gasteiger partial charge in [-0.1, -0.05) is 12.1 Å². The van der Waals surface area contributed by atoms with Gasteiger partial charge in [0.2, 0.25) is 5.75 Å². The molecule has 0 bridgehead atoms. The Labute approximate surface area is 86.6 Å². The summed E-state index contributed by atoms with van der Waals surface area (Å²) in [5, 5.41) is 10.4. The van der Waals surface area contributed by atoms with Crippen LogP contribution in [0.1, 0.15) is 5.56 Å². The molecular formula is C8H5F4NO3. The molecule has 1 aromatic carbocycles. The second kappa shape index (κ2) is 4.33. The van der Waals surface area contributed by atoms with Crippen LogP contribution in [-0.2, 0) is 6.67 Å². The fourth-order valence-electron chi connectivity index (χ4n) is 1.05.